The zero-order valence-corrected chi connectivity index (χ0v) is 12.8. The van der Waals surface area contributed by atoms with Crippen LogP contribution in [-0.2, 0) is 0 Å². The molecule has 1 unspecified atom stereocenters. The van der Waals surface area contributed by atoms with Crippen LogP contribution in [0.1, 0.15) is 91.4 Å². The van der Waals surface area contributed by atoms with Gasteiger partial charge in [-0.3, -0.25) is 0 Å². The SMILES string of the molecule is CCCCCCCCCCCCC(F)C(C)(C)N. The Morgan fingerprint density at radius 1 is 0.833 bits per heavy atom. The third-order valence-corrected chi connectivity index (χ3v) is 3.62. The predicted octanol–water partition coefficient (Wildman–Crippen LogP) is 5.37. The molecule has 0 heterocycles. The predicted molar refractivity (Wildman–Crippen MR) is 79.6 cm³/mol. The Balaban J connectivity index is 3.17. The van der Waals surface area contributed by atoms with Gasteiger partial charge in [-0.2, -0.15) is 0 Å². The van der Waals surface area contributed by atoms with Crippen molar-refractivity contribution in [1.29, 1.82) is 0 Å². The number of halogens is 1. The molecule has 0 saturated carbocycles. The molecule has 0 aromatic carbocycles. The van der Waals surface area contributed by atoms with Crippen LogP contribution in [0.4, 0.5) is 4.39 Å². The van der Waals surface area contributed by atoms with Gasteiger partial charge in [-0.05, 0) is 20.3 Å². The number of unbranched alkanes of at least 4 members (excludes halogenated alkanes) is 9. The molecule has 0 aliphatic heterocycles. The van der Waals surface area contributed by atoms with Crippen molar-refractivity contribution in [3.8, 4) is 0 Å². The number of nitrogens with two attached hydrogens (primary N) is 1. The molecular formula is C16H34FN. The topological polar surface area (TPSA) is 26.0 Å². The van der Waals surface area contributed by atoms with E-state index in [0.717, 1.165) is 12.8 Å². The van der Waals surface area contributed by atoms with E-state index in [-0.39, 0.29) is 0 Å². The maximum atomic E-state index is 13.5. The van der Waals surface area contributed by atoms with Crippen molar-refractivity contribution in [1.82, 2.24) is 0 Å². The van der Waals surface area contributed by atoms with E-state index >= 15 is 0 Å². The fraction of sp³-hybridized carbons (Fsp3) is 1.00. The molecule has 1 atom stereocenters. The molecular weight excluding hydrogens is 225 g/mol. The lowest BCUT2D eigenvalue weighted by molar-refractivity contribution is 0.201. The Labute approximate surface area is 114 Å². The van der Waals surface area contributed by atoms with E-state index in [4.69, 9.17) is 5.73 Å². The van der Waals surface area contributed by atoms with Gasteiger partial charge < -0.3 is 5.73 Å². The van der Waals surface area contributed by atoms with Crippen LogP contribution in [0.3, 0.4) is 0 Å². The van der Waals surface area contributed by atoms with Gasteiger partial charge in [0.2, 0.25) is 0 Å². The lowest BCUT2D eigenvalue weighted by atomic mass is 9.95. The highest BCUT2D eigenvalue weighted by Crippen LogP contribution is 2.18. The molecule has 110 valence electrons. The van der Waals surface area contributed by atoms with Gasteiger partial charge in [-0.15, -0.1) is 0 Å². The smallest absolute Gasteiger partial charge is 0.117 e. The number of alkyl halides is 1. The fourth-order valence-electron chi connectivity index (χ4n) is 2.18. The molecule has 0 rings (SSSR count). The summed E-state index contributed by atoms with van der Waals surface area (Å²) >= 11 is 0. The largest absolute Gasteiger partial charge is 0.323 e. The highest BCUT2D eigenvalue weighted by molar-refractivity contribution is 4.81. The molecule has 0 aromatic heterocycles. The van der Waals surface area contributed by atoms with Gasteiger partial charge in [0.1, 0.15) is 6.17 Å². The van der Waals surface area contributed by atoms with Crippen LogP contribution >= 0.6 is 0 Å². The average molecular weight is 259 g/mol. The van der Waals surface area contributed by atoms with Gasteiger partial charge in [0.25, 0.3) is 0 Å². The maximum absolute atomic E-state index is 13.5. The van der Waals surface area contributed by atoms with Crippen LogP contribution in [0.25, 0.3) is 0 Å². The third-order valence-electron chi connectivity index (χ3n) is 3.62. The second-order valence-corrected chi connectivity index (χ2v) is 6.26. The minimum Gasteiger partial charge on any atom is -0.323 e. The van der Waals surface area contributed by atoms with Gasteiger partial charge in [0.15, 0.2) is 0 Å². The molecule has 0 aromatic rings. The first-order chi connectivity index (χ1) is 8.48. The van der Waals surface area contributed by atoms with Crippen LogP contribution in [0, 0.1) is 0 Å². The van der Waals surface area contributed by atoms with E-state index in [1.807, 2.05) is 0 Å². The molecule has 0 radical (unpaired) electrons. The molecule has 2 N–H and O–H groups in total. The Morgan fingerprint density at radius 3 is 1.61 bits per heavy atom. The summed E-state index contributed by atoms with van der Waals surface area (Å²) in [5.74, 6) is 0. The highest BCUT2D eigenvalue weighted by atomic mass is 19.1. The lowest BCUT2D eigenvalue weighted by Gasteiger charge is -2.23. The Hall–Kier alpha value is -0.110. The van der Waals surface area contributed by atoms with E-state index in [1.54, 1.807) is 13.8 Å². The average Bonchev–Trinajstić information content (AvgIpc) is 2.30. The van der Waals surface area contributed by atoms with Crippen LogP contribution in [0.15, 0.2) is 0 Å². The maximum Gasteiger partial charge on any atom is 0.117 e. The quantitative estimate of drug-likeness (QED) is 0.468. The molecule has 1 nitrogen and oxygen atoms in total. The van der Waals surface area contributed by atoms with E-state index in [2.05, 4.69) is 6.92 Å². The van der Waals surface area contributed by atoms with Gasteiger partial charge in [-0.25, -0.2) is 4.39 Å². The number of rotatable bonds is 12. The number of hydrogen-bond donors (Lipinski definition) is 1. The van der Waals surface area contributed by atoms with Gasteiger partial charge in [-0.1, -0.05) is 71.1 Å². The number of hydrogen-bond acceptors (Lipinski definition) is 1. The molecule has 0 aliphatic rings. The zero-order valence-electron chi connectivity index (χ0n) is 12.8. The van der Waals surface area contributed by atoms with E-state index in [1.165, 1.54) is 51.4 Å². The summed E-state index contributed by atoms with van der Waals surface area (Å²) in [5, 5.41) is 0. The first kappa shape index (κ1) is 17.9. The summed E-state index contributed by atoms with van der Waals surface area (Å²) in [6, 6.07) is 0. The van der Waals surface area contributed by atoms with Crippen LogP contribution in [0.2, 0.25) is 0 Å². The Morgan fingerprint density at radius 2 is 1.22 bits per heavy atom. The second kappa shape index (κ2) is 10.8. The summed E-state index contributed by atoms with van der Waals surface area (Å²) in [6.45, 7) is 5.79. The standard InChI is InChI=1S/C16H34FN/c1-4-5-6-7-8-9-10-11-12-13-14-15(17)16(2,3)18/h15H,4-14,18H2,1-3H3. The first-order valence-electron chi connectivity index (χ1n) is 7.91. The second-order valence-electron chi connectivity index (χ2n) is 6.26. The molecule has 0 fully saturated rings. The molecule has 18 heavy (non-hydrogen) atoms. The minimum atomic E-state index is -0.855. The summed E-state index contributed by atoms with van der Waals surface area (Å²) in [6.07, 6.45) is 12.7. The van der Waals surface area contributed by atoms with Gasteiger partial charge in [0, 0.05) is 5.54 Å². The monoisotopic (exact) mass is 259 g/mol. The van der Waals surface area contributed by atoms with Crippen molar-refractivity contribution in [3.05, 3.63) is 0 Å². The van der Waals surface area contributed by atoms with Crippen LogP contribution in [-0.4, -0.2) is 11.7 Å². The molecule has 2 heteroatoms. The van der Waals surface area contributed by atoms with Crippen LogP contribution < -0.4 is 5.73 Å². The van der Waals surface area contributed by atoms with Gasteiger partial charge in [0.05, 0.1) is 0 Å². The first-order valence-corrected chi connectivity index (χ1v) is 7.91. The normalized spacial score (nSPS) is 13.8. The highest BCUT2D eigenvalue weighted by Gasteiger charge is 2.23. The van der Waals surface area contributed by atoms with Crippen molar-refractivity contribution in [2.75, 3.05) is 0 Å². The lowest BCUT2D eigenvalue weighted by Crippen LogP contribution is -2.42. The minimum absolute atomic E-state index is 0.625. The Bertz CT molecular complexity index is 174. The van der Waals surface area contributed by atoms with Crippen molar-refractivity contribution >= 4 is 0 Å². The third kappa shape index (κ3) is 11.0. The molecule has 0 bridgehead atoms. The van der Waals surface area contributed by atoms with Crippen molar-refractivity contribution in [3.63, 3.8) is 0 Å². The van der Waals surface area contributed by atoms with Crippen molar-refractivity contribution < 1.29 is 4.39 Å². The fourth-order valence-corrected chi connectivity index (χ4v) is 2.18. The molecule has 0 saturated heterocycles. The summed E-state index contributed by atoms with van der Waals surface area (Å²) in [5.41, 5.74) is 5.06. The zero-order chi connectivity index (χ0) is 13.9. The Kier molecular flexibility index (Phi) is 10.7. The molecule has 0 aliphatic carbocycles. The molecule has 0 spiro atoms. The van der Waals surface area contributed by atoms with Gasteiger partial charge >= 0.3 is 0 Å². The van der Waals surface area contributed by atoms with Crippen molar-refractivity contribution in [2.45, 2.75) is 103 Å². The summed E-state index contributed by atoms with van der Waals surface area (Å²) in [7, 11) is 0. The van der Waals surface area contributed by atoms with E-state index in [0.29, 0.717) is 6.42 Å². The van der Waals surface area contributed by atoms with Crippen molar-refractivity contribution in [2.24, 2.45) is 5.73 Å². The molecule has 0 amide bonds. The van der Waals surface area contributed by atoms with Crippen LogP contribution in [0.5, 0.6) is 0 Å². The summed E-state index contributed by atoms with van der Waals surface area (Å²) in [4.78, 5) is 0. The summed E-state index contributed by atoms with van der Waals surface area (Å²) < 4.78 is 13.5. The van der Waals surface area contributed by atoms with E-state index < -0.39 is 11.7 Å². The van der Waals surface area contributed by atoms with E-state index in [9.17, 15) is 4.39 Å².